The molecule has 0 spiro atoms. The van der Waals surface area contributed by atoms with Crippen LogP contribution in [0.1, 0.15) is 28.8 Å². The van der Waals surface area contributed by atoms with Gasteiger partial charge in [0.15, 0.2) is 5.78 Å². The van der Waals surface area contributed by atoms with Crippen LogP contribution in [0.2, 0.25) is 5.02 Å². The van der Waals surface area contributed by atoms with E-state index in [0.717, 1.165) is 18.4 Å². The van der Waals surface area contributed by atoms with E-state index in [1.165, 1.54) is 0 Å². The van der Waals surface area contributed by atoms with Crippen LogP contribution in [-0.4, -0.2) is 19.4 Å². The van der Waals surface area contributed by atoms with Crippen molar-refractivity contribution < 1.29 is 9.53 Å². The summed E-state index contributed by atoms with van der Waals surface area (Å²) in [5, 5.41) is 0.467. The Kier molecular flexibility index (Phi) is 3.15. The molecule has 1 aliphatic carbocycles. The molecule has 0 bridgehead atoms. The fourth-order valence-corrected chi connectivity index (χ4v) is 2.26. The molecule has 1 saturated carbocycles. The number of halogens is 1. The lowest BCUT2D eigenvalue weighted by Crippen LogP contribution is -2.26. The summed E-state index contributed by atoms with van der Waals surface area (Å²) in [5.74, 6) is 0.709. The third-order valence-corrected chi connectivity index (χ3v) is 3.76. The Morgan fingerprint density at radius 2 is 2.18 bits per heavy atom. The van der Waals surface area contributed by atoms with Crippen molar-refractivity contribution in [2.24, 2.45) is 11.1 Å². The molecule has 0 unspecified atom stereocenters. The molecule has 1 aromatic rings. The number of hydrogen-bond acceptors (Lipinski definition) is 3. The van der Waals surface area contributed by atoms with Crippen LogP contribution < -0.4 is 10.5 Å². The Morgan fingerprint density at radius 3 is 2.65 bits per heavy atom. The van der Waals surface area contributed by atoms with Crippen molar-refractivity contribution in [3.8, 4) is 5.75 Å². The maximum atomic E-state index is 12.4. The first-order valence-corrected chi connectivity index (χ1v) is 6.01. The minimum Gasteiger partial charge on any atom is -0.495 e. The molecule has 17 heavy (non-hydrogen) atoms. The second kappa shape index (κ2) is 4.31. The lowest BCUT2D eigenvalue weighted by molar-refractivity contribution is 0.0905. The number of nitrogens with two attached hydrogens (primary N) is 1. The SMILES string of the molecule is COc1cc(C)c(C(=O)C2(CN)CC2)cc1Cl. The van der Waals surface area contributed by atoms with Crippen LogP contribution in [0.25, 0.3) is 0 Å². The zero-order valence-electron chi connectivity index (χ0n) is 10.0. The zero-order valence-corrected chi connectivity index (χ0v) is 10.8. The summed E-state index contributed by atoms with van der Waals surface area (Å²) in [6.45, 7) is 2.30. The van der Waals surface area contributed by atoms with Gasteiger partial charge in [-0.1, -0.05) is 11.6 Å². The topological polar surface area (TPSA) is 52.3 Å². The molecule has 3 nitrogen and oxygen atoms in total. The van der Waals surface area contributed by atoms with Crippen molar-refractivity contribution in [1.29, 1.82) is 0 Å². The number of methoxy groups -OCH3 is 1. The van der Waals surface area contributed by atoms with E-state index >= 15 is 0 Å². The summed E-state index contributed by atoms with van der Waals surface area (Å²) in [7, 11) is 1.56. The molecule has 4 heteroatoms. The van der Waals surface area contributed by atoms with Crippen LogP contribution in [0, 0.1) is 12.3 Å². The Balaban J connectivity index is 2.40. The third kappa shape index (κ3) is 2.05. The zero-order chi connectivity index (χ0) is 12.6. The molecule has 1 aromatic carbocycles. The normalized spacial score (nSPS) is 16.7. The molecule has 0 atom stereocenters. The molecule has 1 aliphatic rings. The highest BCUT2D eigenvalue weighted by atomic mass is 35.5. The number of hydrogen-bond donors (Lipinski definition) is 1. The van der Waals surface area contributed by atoms with Crippen LogP contribution >= 0.6 is 11.6 Å². The molecular weight excluding hydrogens is 238 g/mol. The van der Waals surface area contributed by atoms with Gasteiger partial charge in [-0.05, 0) is 37.5 Å². The summed E-state index contributed by atoms with van der Waals surface area (Å²) >= 11 is 6.05. The smallest absolute Gasteiger partial charge is 0.170 e. The van der Waals surface area contributed by atoms with E-state index in [2.05, 4.69) is 0 Å². The van der Waals surface area contributed by atoms with E-state index in [-0.39, 0.29) is 11.2 Å². The van der Waals surface area contributed by atoms with Gasteiger partial charge in [-0.25, -0.2) is 0 Å². The number of rotatable bonds is 4. The summed E-state index contributed by atoms with van der Waals surface area (Å²) in [5.41, 5.74) is 6.89. The minimum absolute atomic E-state index is 0.113. The predicted molar refractivity (Wildman–Crippen MR) is 67.8 cm³/mol. The molecule has 0 aromatic heterocycles. The fraction of sp³-hybridized carbons (Fsp3) is 0.462. The lowest BCUT2D eigenvalue weighted by Gasteiger charge is -2.14. The molecule has 92 valence electrons. The summed E-state index contributed by atoms with van der Waals surface area (Å²) in [6, 6.07) is 3.48. The first-order chi connectivity index (χ1) is 8.04. The average Bonchev–Trinajstić information content (AvgIpc) is 3.11. The standard InChI is InChI=1S/C13H16ClNO2/c1-8-5-11(17-2)10(14)6-9(8)12(16)13(7-15)3-4-13/h5-6H,3-4,7,15H2,1-2H3. The number of Topliss-reactive ketones (excluding diaryl/α,β-unsaturated/α-hetero) is 1. The molecule has 0 heterocycles. The van der Waals surface area contributed by atoms with Crippen molar-refractivity contribution >= 4 is 17.4 Å². The van der Waals surface area contributed by atoms with E-state index in [4.69, 9.17) is 22.1 Å². The van der Waals surface area contributed by atoms with Gasteiger partial charge >= 0.3 is 0 Å². The summed E-state index contributed by atoms with van der Waals surface area (Å²) in [4.78, 5) is 12.4. The molecular formula is C13H16ClNO2. The largest absolute Gasteiger partial charge is 0.495 e. The Morgan fingerprint density at radius 1 is 1.53 bits per heavy atom. The number of ketones is 1. The molecule has 1 fully saturated rings. The molecule has 2 N–H and O–H groups in total. The third-order valence-electron chi connectivity index (χ3n) is 3.47. The number of benzene rings is 1. The van der Waals surface area contributed by atoms with Gasteiger partial charge in [-0.3, -0.25) is 4.79 Å². The van der Waals surface area contributed by atoms with Crippen LogP contribution in [-0.2, 0) is 0 Å². The van der Waals surface area contributed by atoms with Gasteiger partial charge in [-0.2, -0.15) is 0 Å². The van der Waals surface area contributed by atoms with Crippen molar-refractivity contribution in [2.75, 3.05) is 13.7 Å². The van der Waals surface area contributed by atoms with Gasteiger partial charge in [-0.15, -0.1) is 0 Å². The molecule has 2 rings (SSSR count). The molecule has 0 saturated heterocycles. The van der Waals surface area contributed by atoms with Gasteiger partial charge in [0.2, 0.25) is 0 Å². The highest BCUT2D eigenvalue weighted by molar-refractivity contribution is 6.32. The van der Waals surface area contributed by atoms with Gasteiger partial charge in [0.1, 0.15) is 5.75 Å². The quantitative estimate of drug-likeness (QED) is 0.839. The van der Waals surface area contributed by atoms with Gasteiger partial charge in [0, 0.05) is 17.5 Å². The molecule has 0 aliphatic heterocycles. The van der Waals surface area contributed by atoms with Gasteiger partial charge in [0.25, 0.3) is 0 Å². The lowest BCUT2D eigenvalue weighted by atomic mass is 9.92. The average molecular weight is 254 g/mol. The summed E-state index contributed by atoms with van der Waals surface area (Å²) in [6.07, 6.45) is 1.76. The first-order valence-electron chi connectivity index (χ1n) is 5.63. The second-order valence-electron chi connectivity index (χ2n) is 4.62. The fourth-order valence-electron chi connectivity index (χ4n) is 2.02. The minimum atomic E-state index is -0.331. The maximum Gasteiger partial charge on any atom is 0.170 e. The molecule has 0 amide bonds. The number of aryl methyl sites for hydroxylation is 1. The number of ether oxygens (including phenoxy) is 1. The van der Waals surface area contributed by atoms with Crippen LogP contribution in [0.5, 0.6) is 5.75 Å². The number of carbonyl (C=O) groups is 1. The van der Waals surface area contributed by atoms with Crippen molar-refractivity contribution in [2.45, 2.75) is 19.8 Å². The van der Waals surface area contributed by atoms with Crippen LogP contribution in [0.15, 0.2) is 12.1 Å². The monoisotopic (exact) mass is 253 g/mol. The Bertz CT molecular complexity index is 467. The molecule has 0 radical (unpaired) electrons. The van der Waals surface area contributed by atoms with Crippen molar-refractivity contribution in [1.82, 2.24) is 0 Å². The first kappa shape index (κ1) is 12.4. The maximum absolute atomic E-state index is 12.4. The van der Waals surface area contributed by atoms with E-state index in [9.17, 15) is 4.79 Å². The van der Waals surface area contributed by atoms with Gasteiger partial charge < -0.3 is 10.5 Å². The van der Waals surface area contributed by atoms with Crippen molar-refractivity contribution in [3.63, 3.8) is 0 Å². The van der Waals surface area contributed by atoms with Crippen molar-refractivity contribution in [3.05, 3.63) is 28.3 Å². The van der Waals surface area contributed by atoms with E-state index in [0.29, 0.717) is 22.9 Å². The Labute approximate surface area is 106 Å². The summed E-state index contributed by atoms with van der Waals surface area (Å²) < 4.78 is 5.12. The predicted octanol–water partition coefficient (Wildman–Crippen LogP) is 2.58. The van der Waals surface area contributed by atoms with E-state index < -0.39 is 0 Å². The van der Waals surface area contributed by atoms with E-state index in [1.807, 2.05) is 6.92 Å². The van der Waals surface area contributed by atoms with Gasteiger partial charge in [0.05, 0.1) is 12.1 Å². The highest BCUT2D eigenvalue weighted by Gasteiger charge is 2.48. The Hall–Kier alpha value is -1.06. The van der Waals surface area contributed by atoms with E-state index in [1.54, 1.807) is 19.2 Å². The van der Waals surface area contributed by atoms with Crippen LogP contribution in [0.3, 0.4) is 0 Å². The number of carbonyl (C=O) groups excluding carboxylic acids is 1. The van der Waals surface area contributed by atoms with Crippen LogP contribution in [0.4, 0.5) is 0 Å². The highest BCUT2D eigenvalue weighted by Crippen LogP contribution is 2.48. The second-order valence-corrected chi connectivity index (χ2v) is 5.02.